The van der Waals surface area contributed by atoms with Crippen LogP contribution in [-0.4, -0.2) is 39.9 Å². The second kappa shape index (κ2) is 11.6. The number of nitrogens with one attached hydrogen (secondary N) is 4. The van der Waals surface area contributed by atoms with Gasteiger partial charge in [-0.05, 0) is 171 Å². The first-order chi connectivity index (χ1) is 25.6. The average Bonchev–Trinajstić information content (AvgIpc) is 3.94. The van der Waals surface area contributed by atoms with Crippen LogP contribution in [0.25, 0.3) is 68.4 Å². The van der Waals surface area contributed by atoms with Crippen molar-refractivity contribution in [3.05, 3.63) is 141 Å². The van der Waals surface area contributed by atoms with E-state index in [9.17, 15) is 0 Å². The third-order valence-corrected chi connectivity index (χ3v) is 10.9. The molecule has 8 heteroatoms. The summed E-state index contributed by atoms with van der Waals surface area (Å²) in [5.74, 6) is 0. The average molecular weight is 677 g/mol. The largest absolute Gasteiger partial charge is 0.355 e. The fourth-order valence-electron chi connectivity index (χ4n) is 8.49. The number of hydrogen-bond donors (Lipinski definition) is 4. The molecule has 2 aliphatic carbocycles. The highest BCUT2D eigenvalue weighted by molar-refractivity contribution is 5.78. The number of H-pyrrole nitrogens is 4. The van der Waals surface area contributed by atoms with E-state index in [1.165, 1.54) is 44.7 Å². The molecule has 4 aliphatic heterocycles. The maximum absolute atomic E-state index is 4.94. The van der Waals surface area contributed by atoms with Crippen molar-refractivity contribution in [2.45, 2.75) is 51.4 Å². The minimum absolute atomic E-state index is 0.970. The molecule has 0 saturated carbocycles. The molecule has 0 amide bonds. The zero-order valence-corrected chi connectivity index (χ0v) is 28.7. The Bertz CT molecular complexity index is 2680. The first-order valence-corrected chi connectivity index (χ1v) is 18.4. The molecule has 6 aromatic rings. The summed E-state index contributed by atoms with van der Waals surface area (Å²) in [4.78, 5) is 33.4. The van der Waals surface area contributed by atoms with Crippen LogP contribution in [0, 0.1) is 0 Å². The molecule has 16 bridgehead atoms. The minimum atomic E-state index is 0.970. The van der Waals surface area contributed by atoms with Gasteiger partial charge in [0.25, 0.3) is 0 Å². The second-order valence-electron chi connectivity index (χ2n) is 14.5. The Hall–Kier alpha value is -6.28. The van der Waals surface area contributed by atoms with Gasteiger partial charge in [-0.15, -0.1) is 0 Å². The molecule has 0 aromatic carbocycles. The van der Waals surface area contributed by atoms with Gasteiger partial charge in [0.15, 0.2) is 0 Å². The van der Waals surface area contributed by atoms with Crippen LogP contribution >= 0.6 is 0 Å². The van der Waals surface area contributed by atoms with Crippen LogP contribution in [0.15, 0.2) is 72.8 Å². The maximum atomic E-state index is 4.94. The van der Waals surface area contributed by atoms with E-state index in [0.29, 0.717) is 0 Å². The summed E-state index contributed by atoms with van der Waals surface area (Å²) in [5.41, 5.74) is 23.5. The molecular formula is C44H36N8. The Morgan fingerprint density at radius 3 is 1.23 bits per heavy atom. The summed E-state index contributed by atoms with van der Waals surface area (Å²) in [7, 11) is 0. The fraction of sp³-hybridized carbons (Fsp3) is 0.182. The fourth-order valence-corrected chi connectivity index (χ4v) is 8.49. The lowest BCUT2D eigenvalue weighted by molar-refractivity contribution is 0.960. The van der Waals surface area contributed by atoms with Gasteiger partial charge in [-0.1, -0.05) is 0 Å². The summed E-state index contributed by atoms with van der Waals surface area (Å²) >= 11 is 0. The number of aromatic amines is 4. The Labute approximate surface area is 299 Å². The summed E-state index contributed by atoms with van der Waals surface area (Å²) in [5, 5.41) is 0. The Balaban J connectivity index is 0.000000123. The zero-order chi connectivity index (χ0) is 34.2. The van der Waals surface area contributed by atoms with Gasteiger partial charge in [0.05, 0.1) is 22.8 Å². The molecule has 8 nitrogen and oxygen atoms in total. The zero-order valence-electron chi connectivity index (χ0n) is 28.7. The first-order valence-electron chi connectivity index (χ1n) is 18.4. The van der Waals surface area contributed by atoms with Gasteiger partial charge in [-0.25, -0.2) is 9.97 Å². The minimum Gasteiger partial charge on any atom is -0.355 e. The number of nitrogens with zero attached hydrogens (tertiary/aromatic N) is 4. The Kier molecular flexibility index (Phi) is 6.59. The summed E-state index contributed by atoms with van der Waals surface area (Å²) in [6.45, 7) is 0. The van der Waals surface area contributed by atoms with E-state index in [-0.39, 0.29) is 0 Å². The topological polar surface area (TPSA) is 115 Å². The van der Waals surface area contributed by atoms with Gasteiger partial charge in [0, 0.05) is 66.9 Å². The molecular weight excluding hydrogens is 641 g/mol. The smallest absolute Gasteiger partial charge is 0.0658 e. The number of hydrogen-bond acceptors (Lipinski definition) is 4. The van der Waals surface area contributed by atoms with E-state index in [1.54, 1.807) is 0 Å². The van der Waals surface area contributed by atoms with E-state index in [4.69, 9.17) is 19.9 Å². The van der Waals surface area contributed by atoms with E-state index in [0.717, 1.165) is 119 Å². The molecule has 52 heavy (non-hydrogen) atoms. The van der Waals surface area contributed by atoms with Gasteiger partial charge >= 0.3 is 0 Å². The van der Waals surface area contributed by atoms with E-state index < -0.39 is 0 Å². The normalized spacial score (nSPS) is 14.9. The van der Waals surface area contributed by atoms with Gasteiger partial charge in [0.2, 0.25) is 0 Å². The number of rotatable bonds is 0. The van der Waals surface area contributed by atoms with Crippen LogP contribution in [0.1, 0.15) is 67.8 Å². The van der Waals surface area contributed by atoms with E-state index in [1.807, 2.05) is 0 Å². The first kappa shape index (κ1) is 29.5. The van der Waals surface area contributed by atoms with Gasteiger partial charge in [0.1, 0.15) is 0 Å². The molecule has 4 N–H and O–H groups in total. The standard InChI is InChI=1S/2C22H18N4/c2*1-7-20-21-8-6-18(25-21)11-16-3-2-14(23-16)10-15-4-5-17(24-15)12-19-9-13(1)22(20)26-19/h2*2-5,9-12,24,26H,1,6-8H2. The molecule has 0 spiro atoms. The van der Waals surface area contributed by atoms with Crippen LogP contribution in [0.4, 0.5) is 0 Å². The highest BCUT2D eigenvalue weighted by atomic mass is 14.8. The second-order valence-corrected chi connectivity index (χ2v) is 14.5. The Morgan fingerprint density at radius 2 is 0.769 bits per heavy atom. The summed E-state index contributed by atoms with van der Waals surface area (Å²) in [6, 6.07) is 25.7. The highest BCUT2D eigenvalue weighted by Gasteiger charge is 2.21. The third-order valence-electron chi connectivity index (χ3n) is 10.9. The van der Waals surface area contributed by atoms with Crippen LogP contribution in [-0.2, 0) is 51.4 Å². The Morgan fingerprint density at radius 1 is 0.346 bits per heavy atom. The van der Waals surface area contributed by atoms with Crippen molar-refractivity contribution in [2.75, 3.05) is 0 Å². The van der Waals surface area contributed by atoms with Crippen molar-refractivity contribution in [3.63, 3.8) is 0 Å². The van der Waals surface area contributed by atoms with Gasteiger partial charge < -0.3 is 19.9 Å². The summed E-state index contributed by atoms with van der Waals surface area (Å²) in [6.07, 6.45) is 16.7. The molecule has 10 heterocycles. The lowest BCUT2D eigenvalue weighted by atomic mass is 10.1. The summed E-state index contributed by atoms with van der Waals surface area (Å²) < 4.78 is 0. The molecule has 6 aromatic heterocycles. The lowest BCUT2D eigenvalue weighted by Gasteiger charge is -1.95. The molecule has 252 valence electrons. The monoisotopic (exact) mass is 676 g/mol. The SMILES string of the molecule is C1=Cc2cc3ccc(cc4cc5c([nH]4)c(c4nc(cc1n2)CC4)CC5)[nH]3.C1=Cc2cc3ccc(cc4cc5c([nH]4)c(c4nc(cc1n2)CC4)CC5)[nH]3. The maximum Gasteiger partial charge on any atom is 0.0658 e. The van der Waals surface area contributed by atoms with Crippen LogP contribution in [0.5, 0.6) is 0 Å². The van der Waals surface area contributed by atoms with Crippen LogP contribution in [0.2, 0.25) is 0 Å². The molecule has 0 saturated heterocycles. The van der Waals surface area contributed by atoms with Crippen molar-refractivity contribution in [3.8, 4) is 0 Å². The van der Waals surface area contributed by atoms with Crippen LogP contribution < -0.4 is 0 Å². The number of fused-ring (bicyclic) bond motifs is 16. The lowest BCUT2D eigenvalue weighted by Crippen LogP contribution is -1.89. The third kappa shape index (κ3) is 5.39. The predicted octanol–water partition coefficient (Wildman–Crippen LogP) is 8.74. The highest BCUT2D eigenvalue weighted by Crippen LogP contribution is 2.31. The molecule has 0 atom stereocenters. The van der Waals surface area contributed by atoms with Gasteiger partial charge in [-0.3, -0.25) is 9.97 Å². The van der Waals surface area contributed by atoms with E-state index in [2.05, 4.69) is 117 Å². The molecule has 0 fully saturated rings. The van der Waals surface area contributed by atoms with Crippen molar-refractivity contribution in [1.29, 1.82) is 0 Å². The quantitative estimate of drug-likeness (QED) is 0.129. The molecule has 6 aliphatic rings. The van der Waals surface area contributed by atoms with Crippen molar-refractivity contribution >= 4 is 68.4 Å². The van der Waals surface area contributed by atoms with Crippen molar-refractivity contribution in [1.82, 2.24) is 39.9 Å². The van der Waals surface area contributed by atoms with Crippen molar-refractivity contribution < 1.29 is 0 Å². The van der Waals surface area contributed by atoms with Gasteiger partial charge in [-0.2, -0.15) is 0 Å². The van der Waals surface area contributed by atoms with E-state index >= 15 is 0 Å². The number of aromatic nitrogens is 8. The predicted molar refractivity (Wildman–Crippen MR) is 209 cm³/mol. The molecule has 0 radical (unpaired) electrons. The molecule has 0 unspecified atom stereocenters. The number of aryl methyl sites for hydroxylation is 8. The molecule has 12 rings (SSSR count). The van der Waals surface area contributed by atoms with Crippen molar-refractivity contribution in [2.24, 2.45) is 0 Å². The van der Waals surface area contributed by atoms with Crippen LogP contribution in [0.3, 0.4) is 0 Å².